The molecule has 3 aromatic rings. The van der Waals surface area contributed by atoms with Crippen molar-refractivity contribution in [1.82, 2.24) is 19.8 Å². The van der Waals surface area contributed by atoms with Crippen molar-refractivity contribution in [3.8, 4) is 11.5 Å². The molecule has 0 radical (unpaired) electrons. The first-order chi connectivity index (χ1) is 17.3. The monoisotopic (exact) mass is 510 g/mol. The summed E-state index contributed by atoms with van der Waals surface area (Å²) in [5.41, 5.74) is -0.0781. The summed E-state index contributed by atoms with van der Waals surface area (Å²) in [6, 6.07) is 5.80. The Morgan fingerprint density at radius 1 is 1.25 bits per heavy atom. The van der Waals surface area contributed by atoms with E-state index in [0.717, 1.165) is 0 Å². The Hall–Kier alpha value is -3.92. The van der Waals surface area contributed by atoms with Crippen molar-refractivity contribution in [2.45, 2.75) is 31.5 Å². The molecule has 11 heteroatoms. The van der Waals surface area contributed by atoms with E-state index in [1.807, 2.05) is 0 Å². The molecule has 1 unspecified atom stereocenters. The van der Waals surface area contributed by atoms with Gasteiger partial charge in [-0.25, -0.2) is 4.39 Å². The Kier molecular flexibility index (Phi) is 4.88. The van der Waals surface area contributed by atoms with E-state index in [-0.39, 0.29) is 35.8 Å². The van der Waals surface area contributed by atoms with E-state index in [9.17, 15) is 23.9 Å². The maximum absolute atomic E-state index is 13.6. The van der Waals surface area contributed by atoms with Crippen molar-refractivity contribution >= 4 is 23.4 Å². The van der Waals surface area contributed by atoms with Crippen LogP contribution in [0.2, 0.25) is 5.02 Å². The summed E-state index contributed by atoms with van der Waals surface area (Å²) < 4.78 is 20.3. The molecule has 2 N–H and O–H groups in total. The van der Waals surface area contributed by atoms with Gasteiger partial charge in [0.2, 0.25) is 0 Å². The number of aromatic nitrogens is 2. The SMILES string of the molecule is COc1ccnc2c1C1(CC2)NC(=O)c2c3c(c(O)c(=O)n21)C(=O)N(Cc1ccc(F)c(Cl)c1)CC3. The van der Waals surface area contributed by atoms with E-state index in [4.69, 9.17) is 16.3 Å². The summed E-state index contributed by atoms with van der Waals surface area (Å²) in [6.45, 7) is 0.329. The number of aryl methyl sites for hydroxylation is 1. The maximum Gasteiger partial charge on any atom is 0.296 e. The maximum atomic E-state index is 13.6. The van der Waals surface area contributed by atoms with E-state index in [1.54, 1.807) is 12.3 Å². The lowest BCUT2D eigenvalue weighted by Crippen LogP contribution is -2.47. The third-order valence-electron chi connectivity index (χ3n) is 7.21. The average Bonchev–Trinajstić information content (AvgIpc) is 3.38. The number of ether oxygens (including phenoxy) is 1. The van der Waals surface area contributed by atoms with Gasteiger partial charge in [-0.1, -0.05) is 17.7 Å². The van der Waals surface area contributed by atoms with Gasteiger partial charge >= 0.3 is 0 Å². The number of nitrogens with one attached hydrogen (secondary N) is 1. The predicted molar refractivity (Wildman–Crippen MR) is 126 cm³/mol. The number of methoxy groups -OCH3 is 1. The fourth-order valence-corrected chi connectivity index (χ4v) is 5.87. The molecule has 184 valence electrons. The van der Waals surface area contributed by atoms with Gasteiger partial charge < -0.3 is 20.1 Å². The van der Waals surface area contributed by atoms with E-state index < -0.39 is 34.6 Å². The quantitative estimate of drug-likeness (QED) is 0.559. The lowest BCUT2D eigenvalue weighted by molar-refractivity contribution is 0.0721. The number of fused-ring (bicyclic) bond motifs is 6. The van der Waals surface area contributed by atoms with Crippen LogP contribution in [0.15, 0.2) is 35.3 Å². The van der Waals surface area contributed by atoms with E-state index in [2.05, 4.69) is 10.3 Å². The van der Waals surface area contributed by atoms with E-state index >= 15 is 0 Å². The molecular weight excluding hydrogens is 491 g/mol. The number of aromatic hydroxyl groups is 1. The highest BCUT2D eigenvalue weighted by molar-refractivity contribution is 6.30. The topological polar surface area (TPSA) is 114 Å². The summed E-state index contributed by atoms with van der Waals surface area (Å²) in [7, 11) is 1.49. The highest BCUT2D eigenvalue weighted by Crippen LogP contribution is 2.46. The zero-order valence-electron chi connectivity index (χ0n) is 19.1. The number of rotatable bonds is 3. The van der Waals surface area contributed by atoms with E-state index in [1.165, 1.54) is 34.8 Å². The fraction of sp³-hybridized carbons (Fsp3) is 0.280. The Balaban J connectivity index is 1.48. The van der Waals surface area contributed by atoms with Gasteiger partial charge in [0.05, 0.1) is 29.0 Å². The third kappa shape index (κ3) is 2.94. The minimum absolute atomic E-state index is 0.0596. The number of amides is 2. The Bertz CT molecular complexity index is 1550. The standard InChI is InChI=1S/C25H20ClFN4O5/c1-36-17-5-8-28-16-4-7-25(19(16)17)29-22(33)20-13-6-9-30(11-12-2-3-15(27)14(26)10-12)23(34)18(13)21(32)24(35)31(20)25/h2-3,5,8,10,32H,4,6-7,9,11H2,1H3,(H,29,33). The molecule has 3 aliphatic rings. The summed E-state index contributed by atoms with van der Waals surface area (Å²) in [6.07, 6.45) is 2.67. The normalized spacial score (nSPS) is 19.8. The molecule has 2 amide bonds. The molecule has 0 saturated carbocycles. The Morgan fingerprint density at radius 3 is 2.81 bits per heavy atom. The predicted octanol–water partition coefficient (Wildman–Crippen LogP) is 2.34. The number of hydrogen-bond donors (Lipinski definition) is 2. The first-order valence-corrected chi connectivity index (χ1v) is 11.7. The Morgan fingerprint density at radius 2 is 2.06 bits per heavy atom. The van der Waals surface area contributed by atoms with Gasteiger partial charge in [0.1, 0.15) is 17.3 Å². The third-order valence-corrected chi connectivity index (χ3v) is 7.50. The summed E-state index contributed by atoms with van der Waals surface area (Å²) >= 11 is 5.87. The number of halogens is 2. The van der Waals surface area contributed by atoms with Crippen molar-refractivity contribution in [2.24, 2.45) is 0 Å². The summed E-state index contributed by atoms with van der Waals surface area (Å²) in [4.78, 5) is 46.1. The van der Waals surface area contributed by atoms with Crippen LogP contribution in [0.4, 0.5) is 4.39 Å². The molecule has 2 aromatic heterocycles. The zero-order chi connectivity index (χ0) is 25.4. The number of benzene rings is 1. The van der Waals surface area contributed by atoms with Gasteiger partial charge in [0.15, 0.2) is 11.4 Å². The molecule has 1 atom stereocenters. The molecule has 1 aliphatic carbocycles. The van der Waals surface area contributed by atoms with Crippen molar-refractivity contribution in [3.63, 3.8) is 0 Å². The minimum atomic E-state index is -1.27. The Labute approximate surface area is 209 Å². The molecule has 2 aliphatic heterocycles. The van der Waals surface area contributed by atoms with Crippen LogP contribution in [0.5, 0.6) is 11.5 Å². The average molecular weight is 511 g/mol. The first kappa shape index (κ1) is 22.5. The minimum Gasteiger partial charge on any atom is -0.502 e. The second kappa shape index (κ2) is 7.79. The number of carbonyl (C=O) groups excluding carboxylic acids is 2. The van der Waals surface area contributed by atoms with Crippen molar-refractivity contribution in [3.05, 3.63) is 85.3 Å². The van der Waals surface area contributed by atoms with Crippen LogP contribution in [-0.2, 0) is 25.0 Å². The molecule has 1 aromatic carbocycles. The molecule has 36 heavy (non-hydrogen) atoms. The molecular formula is C25H20ClFN4O5. The summed E-state index contributed by atoms with van der Waals surface area (Å²) in [5.74, 6) is -1.91. The van der Waals surface area contributed by atoms with Crippen LogP contribution < -0.4 is 15.6 Å². The van der Waals surface area contributed by atoms with Crippen LogP contribution in [0.3, 0.4) is 0 Å². The number of hydrogen-bond acceptors (Lipinski definition) is 6. The molecule has 9 nitrogen and oxygen atoms in total. The molecule has 0 fully saturated rings. The van der Waals surface area contributed by atoms with Gasteiger partial charge in [-0.15, -0.1) is 0 Å². The van der Waals surface area contributed by atoms with Gasteiger partial charge in [0, 0.05) is 24.8 Å². The molecule has 1 spiro atoms. The van der Waals surface area contributed by atoms with Crippen LogP contribution in [-0.4, -0.2) is 45.0 Å². The van der Waals surface area contributed by atoms with Crippen molar-refractivity contribution in [2.75, 3.05) is 13.7 Å². The second-order valence-corrected chi connectivity index (χ2v) is 9.47. The smallest absolute Gasteiger partial charge is 0.296 e. The second-order valence-electron chi connectivity index (χ2n) is 9.07. The molecule has 0 saturated heterocycles. The number of carbonyl (C=O) groups is 2. The highest BCUT2D eigenvalue weighted by Gasteiger charge is 2.53. The number of nitrogens with zero attached hydrogens (tertiary/aromatic N) is 3. The zero-order valence-corrected chi connectivity index (χ0v) is 19.9. The van der Waals surface area contributed by atoms with Gasteiger partial charge in [-0.3, -0.25) is 23.9 Å². The van der Waals surface area contributed by atoms with Gasteiger partial charge in [-0.05, 0) is 43.0 Å². The van der Waals surface area contributed by atoms with Crippen LogP contribution in [0.25, 0.3) is 0 Å². The largest absolute Gasteiger partial charge is 0.502 e. The summed E-state index contributed by atoms with van der Waals surface area (Å²) in [5, 5.41) is 13.9. The van der Waals surface area contributed by atoms with Gasteiger partial charge in [0.25, 0.3) is 17.4 Å². The fourth-order valence-electron chi connectivity index (χ4n) is 5.67. The van der Waals surface area contributed by atoms with Gasteiger partial charge in [-0.2, -0.15) is 0 Å². The lowest BCUT2D eigenvalue weighted by atomic mass is 9.95. The lowest BCUT2D eigenvalue weighted by Gasteiger charge is -2.32. The van der Waals surface area contributed by atoms with E-state index in [0.29, 0.717) is 41.0 Å². The number of pyridine rings is 2. The highest BCUT2D eigenvalue weighted by atomic mass is 35.5. The molecule has 4 heterocycles. The molecule has 6 rings (SSSR count). The van der Waals surface area contributed by atoms with Crippen LogP contribution in [0.1, 0.15) is 49.7 Å². The molecule has 0 bridgehead atoms. The van der Waals surface area contributed by atoms with Crippen LogP contribution >= 0.6 is 11.6 Å². The van der Waals surface area contributed by atoms with Crippen LogP contribution in [0, 0.1) is 5.82 Å². The van der Waals surface area contributed by atoms with Crippen molar-refractivity contribution in [1.29, 1.82) is 0 Å². The van der Waals surface area contributed by atoms with Crippen molar-refractivity contribution < 1.29 is 23.8 Å². The first-order valence-electron chi connectivity index (χ1n) is 11.4.